The summed E-state index contributed by atoms with van der Waals surface area (Å²) in [6, 6.07) is 13.7. The molecule has 1 amide bonds. The summed E-state index contributed by atoms with van der Waals surface area (Å²) in [5.41, 5.74) is -0.0847. The summed E-state index contributed by atoms with van der Waals surface area (Å²) in [5.74, 6) is -0.00852. The fraction of sp³-hybridized carbons (Fsp3) is 0.136. The maximum absolute atomic E-state index is 13.2. The summed E-state index contributed by atoms with van der Waals surface area (Å²) in [6.07, 6.45) is 2.72. The van der Waals surface area contributed by atoms with Crippen LogP contribution in [0.15, 0.2) is 70.5 Å². The van der Waals surface area contributed by atoms with Gasteiger partial charge in [0.2, 0.25) is 5.91 Å². The number of nitrogens with one attached hydrogen (secondary N) is 1. The number of nitrogens with zero attached hydrogens (tertiary/aromatic N) is 4. The van der Waals surface area contributed by atoms with E-state index >= 15 is 0 Å². The smallest absolute Gasteiger partial charge is 0.333 e. The molecule has 1 N–H and O–H groups in total. The van der Waals surface area contributed by atoms with Crippen molar-refractivity contribution in [3.8, 4) is 5.75 Å². The number of amides is 1. The van der Waals surface area contributed by atoms with Gasteiger partial charge in [-0.1, -0.05) is 35.9 Å². The highest BCUT2D eigenvalue weighted by Crippen LogP contribution is 2.23. The lowest BCUT2D eigenvalue weighted by atomic mass is 10.2. The SMILES string of the molecule is COc1ccccc1NC(=O)Cn1c(=O)n(Cc2ccc(Cl)cc2)c(=O)c2nccnc21. The first kappa shape index (κ1) is 21.3. The fourth-order valence-corrected chi connectivity index (χ4v) is 3.39. The third kappa shape index (κ3) is 4.23. The Morgan fingerprint density at radius 3 is 2.50 bits per heavy atom. The Labute approximate surface area is 186 Å². The van der Waals surface area contributed by atoms with Gasteiger partial charge in [0, 0.05) is 17.4 Å². The van der Waals surface area contributed by atoms with Gasteiger partial charge in [0.15, 0.2) is 11.2 Å². The maximum Gasteiger partial charge on any atom is 0.333 e. The molecule has 0 aliphatic rings. The number of hydrogen-bond donors (Lipinski definition) is 1. The molecule has 0 spiro atoms. The summed E-state index contributed by atoms with van der Waals surface area (Å²) < 4.78 is 7.39. The van der Waals surface area contributed by atoms with Gasteiger partial charge in [-0.15, -0.1) is 0 Å². The third-order valence-electron chi connectivity index (χ3n) is 4.78. The minimum atomic E-state index is -0.673. The monoisotopic (exact) mass is 451 g/mol. The molecule has 2 heterocycles. The van der Waals surface area contributed by atoms with Gasteiger partial charge in [-0.2, -0.15) is 0 Å². The van der Waals surface area contributed by atoms with E-state index in [-0.39, 0.29) is 24.3 Å². The highest BCUT2D eigenvalue weighted by atomic mass is 35.5. The quantitative estimate of drug-likeness (QED) is 0.482. The molecule has 4 rings (SSSR count). The second-order valence-electron chi connectivity index (χ2n) is 6.86. The van der Waals surface area contributed by atoms with E-state index in [1.165, 1.54) is 19.5 Å². The van der Waals surface area contributed by atoms with Crippen LogP contribution in [0.1, 0.15) is 5.56 Å². The van der Waals surface area contributed by atoms with Crippen LogP contribution in [0.4, 0.5) is 5.69 Å². The molecule has 2 aromatic heterocycles. The molecule has 0 saturated heterocycles. The number of ether oxygens (including phenoxy) is 1. The number of halogens is 1. The maximum atomic E-state index is 13.2. The number of rotatable bonds is 6. The van der Waals surface area contributed by atoms with E-state index in [4.69, 9.17) is 16.3 Å². The predicted molar refractivity (Wildman–Crippen MR) is 120 cm³/mol. The van der Waals surface area contributed by atoms with Crippen LogP contribution in [0, 0.1) is 0 Å². The van der Waals surface area contributed by atoms with Crippen LogP contribution in [0.5, 0.6) is 5.75 Å². The van der Waals surface area contributed by atoms with Gasteiger partial charge in [-0.25, -0.2) is 14.8 Å². The molecule has 0 fully saturated rings. The highest BCUT2D eigenvalue weighted by Gasteiger charge is 2.18. The molecule has 0 saturated carbocycles. The normalized spacial score (nSPS) is 10.8. The van der Waals surface area contributed by atoms with Crippen molar-refractivity contribution in [2.75, 3.05) is 12.4 Å². The van der Waals surface area contributed by atoms with E-state index < -0.39 is 17.2 Å². The van der Waals surface area contributed by atoms with Crippen molar-refractivity contribution in [3.05, 3.63) is 92.3 Å². The Kier molecular flexibility index (Phi) is 6.00. The first-order valence-corrected chi connectivity index (χ1v) is 9.97. The van der Waals surface area contributed by atoms with Gasteiger partial charge < -0.3 is 10.1 Å². The summed E-state index contributed by atoms with van der Waals surface area (Å²) in [5, 5.41) is 3.26. The zero-order valence-electron chi connectivity index (χ0n) is 17.0. The van der Waals surface area contributed by atoms with Crippen molar-refractivity contribution < 1.29 is 9.53 Å². The van der Waals surface area contributed by atoms with E-state index in [1.807, 2.05) is 0 Å². The number of benzene rings is 2. The minimum absolute atomic E-state index is 0.00449. The third-order valence-corrected chi connectivity index (χ3v) is 5.03. The van der Waals surface area contributed by atoms with Crippen LogP contribution >= 0.6 is 11.6 Å². The Bertz CT molecular complexity index is 1410. The van der Waals surface area contributed by atoms with E-state index in [9.17, 15) is 14.4 Å². The number of anilines is 1. The number of aromatic nitrogens is 4. The number of carbonyl (C=O) groups excluding carboxylic acids is 1. The number of carbonyl (C=O) groups is 1. The number of hydrogen-bond acceptors (Lipinski definition) is 6. The molecule has 10 heteroatoms. The lowest BCUT2D eigenvalue weighted by Crippen LogP contribution is -2.42. The summed E-state index contributed by atoms with van der Waals surface area (Å²) in [4.78, 5) is 47.1. The molecule has 0 atom stereocenters. The van der Waals surface area contributed by atoms with Gasteiger partial charge in [-0.3, -0.25) is 18.7 Å². The molecule has 32 heavy (non-hydrogen) atoms. The zero-order valence-corrected chi connectivity index (χ0v) is 17.7. The molecular formula is C22H18ClN5O4. The molecule has 0 radical (unpaired) electrons. The molecule has 2 aromatic carbocycles. The van der Waals surface area contributed by atoms with E-state index in [1.54, 1.807) is 48.5 Å². The van der Waals surface area contributed by atoms with Crippen molar-refractivity contribution in [1.29, 1.82) is 0 Å². The second-order valence-corrected chi connectivity index (χ2v) is 7.30. The molecular weight excluding hydrogens is 434 g/mol. The van der Waals surface area contributed by atoms with Crippen LogP contribution in [-0.2, 0) is 17.9 Å². The van der Waals surface area contributed by atoms with Gasteiger partial charge in [0.05, 0.1) is 19.3 Å². The number of para-hydroxylation sites is 2. The topological polar surface area (TPSA) is 108 Å². The van der Waals surface area contributed by atoms with Crippen molar-refractivity contribution in [2.24, 2.45) is 0 Å². The molecule has 4 aromatic rings. The summed E-state index contributed by atoms with van der Waals surface area (Å²) in [6.45, 7) is -0.373. The van der Waals surface area contributed by atoms with Crippen LogP contribution in [0.25, 0.3) is 11.2 Å². The fourth-order valence-electron chi connectivity index (χ4n) is 3.27. The van der Waals surface area contributed by atoms with Crippen LogP contribution < -0.4 is 21.3 Å². The predicted octanol–water partition coefficient (Wildman–Crippen LogP) is 2.30. The van der Waals surface area contributed by atoms with Gasteiger partial charge in [0.1, 0.15) is 12.3 Å². The van der Waals surface area contributed by atoms with Crippen LogP contribution in [0.2, 0.25) is 5.02 Å². The Hall–Kier alpha value is -3.98. The summed E-state index contributed by atoms with van der Waals surface area (Å²) >= 11 is 5.92. The number of methoxy groups -OCH3 is 1. The Morgan fingerprint density at radius 1 is 1.03 bits per heavy atom. The van der Waals surface area contributed by atoms with Crippen LogP contribution in [-0.4, -0.2) is 32.1 Å². The minimum Gasteiger partial charge on any atom is -0.495 e. The average Bonchev–Trinajstić information content (AvgIpc) is 2.81. The van der Waals surface area contributed by atoms with E-state index in [2.05, 4.69) is 15.3 Å². The average molecular weight is 452 g/mol. The molecule has 162 valence electrons. The van der Waals surface area contributed by atoms with Gasteiger partial charge in [-0.05, 0) is 29.8 Å². The van der Waals surface area contributed by atoms with Crippen molar-refractivity contribution in [2.45, 2.75) is 13.1 Å². The van der Waals surface area contributed by atoms with Crippen molar-refractivity contribution in [3.63, 3.8) is 0 Å². The van der Waals surface area contributed by atoms with E-state index in [0.29, 0.717) is 22.0 Å². The largest absolute Gasteiger partial charge is 0.495 e. The van der Waals surface area contributed by atoms with Gasteiger partial charge >= 0.3 is 5.69 Å². The molecule has 0 aliphatic carbocycles. The molecule has 0 bridgehead atoms. The van der Waals surface area contributed by atoms with E-state index in [0.717, 1.165) is 9.13 Å². The Balaban J connectivity index is 1.75. The van der Waals surface area contributed by atoms with Crippen LogP contribution in [0.3, 0.4) is 0 Å². The molecule has 0 unspecified atom stereocenters. The van der Waals surface area contributed by atoms with Crippen molar-refractivity contribution >= 4 is 34.4 Å². The second kappa shape index (κ2) is 9.03. The lowest BCUT2D eigenvalue weighted by molar-refractivity contribution is -0.116. The lowest BCUT2D eigenvalue weighted by Gasteiger charge is -2.14. The zero-order chi connectivity index (χ0) is 22.7. The first-order valence-electron chi connectivity index (χ1n) is 9.59. The Morgan fingerprint density at radius 2 is 1.75 bits per heavy atom. The first-order chi connectivity index (χ1) is 15.5. The summed E-state index contributed by atoms with van der Waals surface area (Å²) in [7, 11) is 1.49. The standard InChI is InChI=1S/C22H18ClN5O4/c1-32-17-5-3-2-4-16(17)26-18(29)13-27-20-19(24-10-11-25-20)21(30)28(22(27)31)12-14-6-8-15(23)9-7-14/h2-11H,12-13H2,1H3,(H,26,29). The highest BCUT2D eigenvalue weighted by molar-refractivity contribution is 6.30. The number of fused-ring (bicyclic) bond motifs is 1. The van der Waals surface area contributed by atoms with Crippen molar-refractivity contribution in [1.82, 2.24) is 19.1 Å². The molecule has 0 aliphatic heterocycles. The van der Waals surface area contributed by atoms with Gasteiger partial charge in [0.25, 0.3) is 5.56 Å². The molecule has 9 nitrogen and oxygen atoms in total.